The molecule has 8 heteroatoms. The van der Waals surface area contributed by atoms with Gasteiger partial charge in [0.2, 0.25) is 12.0 Å². The second-order valence-electron chi connectivity index (χ2n) is 4.38. The summed E-state index contributed by atoms with van der Waals surface area (Å²) in [4.78, 5) is 1.96. The number of nitrogens with zero attached hydrogens (tertiary/aromatic N) is 2. The van der Waals surface area contributed by atoms with Gasteiger partial charge in [-0.15, -0.1) is 10.2 Å². The number of rotatable bonds is 4. The summed E-state index contributed by atoms with van der Waals surface area (Å²) < 4.78 is 41.7. The molecular formula is C13H19ClN2O5. The van der Waals surface area contributed by atoms with Crippen LogP contribution in [-0.2, 0) is 0 Å². The van der Waals surface area contributed by atoms with Crippen LogP contribution in [0, 0.1) is 10.2 Å². The Morgan fingerprint density at radius 1 is 1.10 bits per heavy atom. The molecule has 0 spiro atoms. The molecule has 0 aliphatic rings. The van der Waals surface area contributed by atoms with Crippen molar-refractivity contribution >= 4 is 6.21 Å². The third-order valence-corrected chi connectivity index (χ3v) is 1.75. The van der Waals surface area contributed by atoms with Crippen molar-refractivity contribution in [3.8, 4) is 5.75 Å². The SMILES string of the molecule is CN(C)/C=C(/C=[N+](C)C)Oc1ccccc1.[O-][Cl+3]([O-])([O-])[O-]. The van der Waals surface area contributed by atoms with Gasteiger partial charge in [-0.1, -0.05) is 18.2 Å². The highest BCUT2D eigenvalue weighted by atomic mass is 35.7. The maximum atomic E-state index is 8.49. The molecule has 0 aliphatic heterocycles. The second-order valence-corrected chi connectivity index (χ2v) is 5.14. The molecule has 0 N–H and O–H groups in total. The van der Waals surface area contributed by atoms with Crippen LogP contribution in [0.15, 0.2) is 42.3 Å². The number of ether oxygens (including phenoxy) is 1. The van der Waals surface area contributed by atoms with Crippen molar-refractivity contribution in [3.05, 3.63) is 42.3 Å². The van der Waals surface area contributed by atoms with Gasteiger partial charge in [-0.3, -0.25) is 0 Å². The van der Waals surface area contributed by atoms with Crippen LogP contribution in [0.4, 0.5) is 0 Å². The normalized spacial score (nSPS) is 11.1. The van der Waals surface area contributed by atoms with E-state index in [1.807, 2.05) is 80.4 Å². The van der Waals surface area contributed by atoms with Gasteiger partial charge in [0.1, 0.15) is 19.8 Å². The van der Waals surface area contributed by atoms with Crippen LogP contribution in [0.25, 0.3) is 0 Å². The largest absolute Gasteiger partial charge is 0.450 e. The minimum absolute atomic E-state index is 0.807. The Labute approximate surface area is 126 Å². The van der Waals surface area contributed by atoms with E-state index in [-0.39, 0.29) is 0 Å². The molecule has 0 aliphatic carbocycles. The number of hydrogen-bond donors (Lipinski definition) is 0. The van der Waals surface area contributed by atoms with Crippen molar-refractivity contribution in [1.29, 1.82) is 0 Å². The quantitative estimate of drug-likeness (QED) is 0.334. The maximum Gasteiger partial charge on any atom is 0.207 e. The molecule has 7 nitrogen and oxygen atoms in total. The van der Waals surface area contributed by atoms with E-state index in [4.69, 9.17) is 23.4 Å². The molecule has 0 radical (unpaired) electrons. The van der Waals surface area contributed by atoms with Crippen LogP contribution < -0.4 is 23.4 Å². The maximum absolute atomic E-state index is 8.49. The Morgan fingerprint density at radius 2 is 1.57 bits per heavy atom. The van der Waals surface area contributed by atoms with Gasteiger partial charge >= 0.3 is 0 Å². The number of para-hydroxylation sites is 1. The fourth-order valence-electron chi connectivity index (χ4n) is 1.22. The van der Waals surface area contributed by atoms with Gasteiger partial charge in [0, 0.05) is 20.3 Å². The zero-order valence-corrected chi connectivity index (χ0v) is 13.1. The van der Waals surface area contributed by atoms with Gasteiger partial charge in [0.15, 0.2) is 0 Å². The van der Waals surface area contributed by atoms with E-state index in [9.17, 15) is 0 Å². The first-order valence-electron chi connectivity index (χ1n) is 5.82. The lowest BCUT2D eigenvalue weighted by Gasteiger charge is -2.17. The standard InChI is InChI=1S/C13H19N2O.ClHO4/c1-14(2)10-13(11-15(3)4)16-12-8-6-5-7-9-12;2-1(3,4)5/h5-11H,1-4H3;(H,2,3,4,5)/q+1;/p-1. The summed E-state index contributed by atoms with van der Waals surface area (Å²) in [5, 5.41) is 0. The molecular weight excluding hydrogens is 300 g/mol. The van der Waals surface area contributed by atoms with E-state index in [1.54, 1.807) is 0 Å². The Morgan fingerprint density at radius 3 is 1.95 bits per heavy atom. The molecule has 1 aromatic carbocycles. The molecule has 118 valence electrons. The smallest absolute Gasteiger partial charge is 0.207 e. The Balaban J connectivity index is 0.000000690. The van der Waals surface area contributed by atoms with Crippen LogP contribution in [-0.4, -0.2) is 43.9 Å². The van der Waals surface area contributed by atoms with Gasteiger partial charge in [-0.05, 0) is 12.1 Å². The average molecular weight is 319 g/mol. The first-order chi connectivity index (χ1) is 9.58. The summed E-state index contributed by atoms with van der Waals surface area (Å²) in [5.74, 6) is 1.65. The molecule has 0 amide bonds. The zero-order valence-electron chi connectivity index (χ0n) is 12.4. The number of halogens is 1. The molecule has 0 atom stereocenters. The van der Waals surface area contributed by atoms with Crippen molar-refractivity contribution in [2.45, 2.75) is 0 Å². The first-order valence-corrected chi connectivity index (χ1v) is 7.05. The highest BCUT2D eigenvalue weighted by Crippen LogP contribution is 2.11. The number of benzene rings is 1. The fraction of sp³-hybridized carbons (Fsp3) is 0.308. The fourth-order valence-corrected chi connectivity index (χ4v) is 1.22. The molecule has 0 heterocycles. The van der Waals surface area contributed by atoms with E-state index in [0.717, 1.165) is 11.5 Å². The lowest BCUT2D eigenvalue weighted by atomic mass is 10.3. The van der Waals surface area contributed by atoms with Crippen LogP contribution in [0.5, 0.6) is 5.75 Å². The molecule has 1 rings (SSSR count). The number of allylic oxidation sites excluding steroid dienone is 1. The zero-order chi connectivity index (χ0) is 16.5. The number of hydrogen-bond acceptors (Lipinski definition) is 6. The average Bonchev–Trinajstić information content (AvgIpc) is 2.25. The highest BCUT2D eigenvalue weighted by Gasteiger charge is 2.02. The third kappa shape index (κ3) is 14.6. The molecule has 1 aromatic rings. The molecule has 0 bridgehead atoms. The molecule has 21 heavy (non-hydrogen) atoms. The van der Waals surface area contributed by atoms with E-state index < -0.39 is 10.2 Å². The molecule has 0 fully saturated rings. The van der Waals surface area contributed by atoms with Crippen molar-refractivity contribution in [3.63, 3.8) is 0 Å². The lowest BCUT2D eigenvalue weighted by molar-refractivity contribution is -2.00. The predicted octanol–water partition coefficient (Wildman–Crippen LogP) is -2.94. The van der Waals surface area contributed by atoms with Crippen LogP contribution >= 0.6 is 0 Å². The van der Waals surface area contributed by atoms with Crippen molar-refractivity contribution in [2.75, 3.05) is 28.2 Å². The minimum Gasteiger partial charge on any atom is -0.450 e. The predicted molar refractivity (Wildman–Crippen MR) is 67.0 cm³/mol. The van der Waals surface area contributed by atoms with Gasteiger partial charge in [-0.25, -0.2) is 23.2 Å². The molecule has 0 unspecified atom stereocenters. The molecule has 0 saturated heterocycles. The van der Waals surface area contributed by atoms with Crippen LogP contribution in [0.2, 0.25) is 0 Å². The summed E-state index contributed by atoms with van der Waals surface area (Å²) in [5.41, 5.74) is 0. The summed E-state index contributed by atoms with van der Waals surface area (Å²) in [6, 6.07) is 9.76. The summed E-state index contributed by atoms with van der Waals surface area (Å²) in [6.07, 6.45) is 3.88. The summed E-state index contributed by atoms with van der Waals surface area (Å²) in [6.45, 7) is 0. The first kappa shape index (κ1) is 19.4. The van der Waals surface area contributed by atoms with Crippen molar-refractivity contribution in [2.24, 2.45) is 0 Å². The monoisotopic (exact) mass is 318 g/mol. The topological polar surface area (TPSA) is 108 Å². The van der Waals surface area contributed by atoms with E-state index in [2.05, 4.69) is 0 Å². The van der Waals surface area contributed by atoms with Crippen LogP contribution in [0.1, 0.15) is 0 Å². The van der Waals surface area contributed by atoms with E-state index in [0.29, 0.717) is 0 Å². The van der Waals surface area contributed by atoms with E-state index in [1.165, 1.54) is 0 Å². The summed E-state index contributed by atoms with van der Waals surface area (Å²) >= 11 is 0. The Bertz CT molecular complexity index is 459. The van der Waals surface area contributed by atoms with Crippen LogP contribution in [0.3, 0.4) is 0 Å². The lowest BCUT2D eigenvalue weighted by Crippen LogP contribution is -2.68. The van der Waals surface area contributed by atoms with Gasteiger partial charge in [-0.2, -0.15) is 0 Å². The van der Waals surface area contributed by atoms with Gasteiger partial charge < -0.3 is 9.64 Å². The molecule has 0 aromatic heterocycles. The Hall–Kier alpha value is -1.64. The minimum atomic E-state index is -4.94. The summed E-state index contributed by atoms with van der Waals surface area (Å²) in [7, 11) is 2.94. The van der Waals surface area contributed by atoms with Gasteiger partial charge in [0.05, 0.1) is 0 Å². The van der Waals surface area contributed by atoms with Gasteiger partial charge in [0.25, 0.3) is 0 Å². The second kappa shape index (κ2) is 9.32. The van der Waals surface area contributed by atoms with Crippen molar-refractivity contribution in [1.82, 2.24) is 4.90 Å². The van der Waals surface area contributed by atoms with E-state index >= 15 is 0 Å². The molecule has 0 saturated carbocycles. The Kier molecular flexibility index (Phi) is 8.60. The third-order valence-electron chi connectivity index (χ3n) is 1.75. The van der Waals surface area contributed by atoms with Crippen molar-refractivity contribution < 1.29 is 38.2 Å². The highest BCUT2D eigenvalue weighted by molar-refractivity contribution is 5.72.